The molecule has 2 rings (SSSR count). The maximum atomic E-state index is 13.1. The smallest absolute Gasteiger partial charge is 0.410 e. The van der Waals surface area contributed by atoms with Gasteiger partial charge in [0.2, 0.25) is 0 Å². The van der Waals surface area contributed by atoms with Gasteiger partial charge in [-0.05, 0) is 38.5 Å². The van der Waals surface area contributed by atoms with E-state index >= 15 is 0 Å². The molecule has 0 spiro atoms. The molecule has 0 unspecified atom stereocenters. The first-order valence-electron chi connectivity index (χ1n) is 6.92. The van der Waals surface area contributed by atoms with Gasteiger partial charge in [0.25, 0.3) is 0 Å². The Morgan fingerprint density at radius 3 is 2.81 bits per heavy atom. The van der Waals surface area contributed by atoms with Gasteiger partial charge in [-0.15, -0.1) is 0 Å². The maximum Gasteiger partial charge on any atom is 0.410 e. The van der Waals surface area contributed by atoms with Crippen molar-refractivity contribution in [3.8, 4) is 0 Å². The van der Waals surface area contributed by atoms with Crippen LogP contribution in [0.15, 0.2) is 18.2 Å². The highest BCUT2D eigenvalue weighted by Crippen LogP contribution is 2.26. The van der Waals surface area contributed by atoms with Crippen molar-refractivity contribution in [2.45, 2.75) is 32.4 Å². The molecule has 1 aromatic carbocycles. The summed E-state index contributed by atoms with van der Waals surface area (Å²) in [6.07, 6.45) is -0.341. The third-order valence-electron chi connectivity index (χ3n) is 3.17. The average molecular weight is 315 g/mol. The fraction of sp³-hybridized carbons (Fsp3) is 0.533. The van der Waals surface area contributed by atoms with Crippen LogP contribution in [0.3, 0.4) is 0 Å². The minimum Gasteiger partial charge on any atom is -0.444 e. The number of ether oxygens (including phenoxy) is 1. The summed E-state index contributed by atoms with van der Waals surface area (Å²) in [5.74, 6) is -0.372. The molecule has 1 N–H and O–H groups in total. The van der Waals surface area contributed by atoms with Gasteiger partial charge in [-0.2, -0.15) is 0 Å². The zero-order valence-corrected chi connectivity index (χ0v) is 13.2. The summed E-state index contributed by atoms with van der Waals surface area (Å²) >= 11 is 6.08. The Labute approximate surface area is 129 Å². The monoisotopic (exact) mass is 314 g/mol. The van der Waals surface area contributed by atoms with Gasteiger partial charge in [-0.25, -0.2) is 9.18 Å². The number of nitrogens with zero attached hydrogens (tertiary/aromatic N) is 1. The minimum absolute atomic E-state index is 0.126. The second-order valence-corrected chi connectivity index (χ2v) is 6.51. The number of rotatable bonds is 1. The number of nitrogens with one attached hydrogen (secondary N) is 1. The van der Waals surface area contributed by atoms with Crippen molar-refractivity contribution in [1.82, 2.24) is 10.2 Å². The molecule has 1 fully saturated rings. The minimum atomic E-state index is -0.523. The summed E-state index contributed by atoms with van der Waals surface area (Å²) in [5, 5.41) is 3.65. The van der Waals surface area contributed by atoms with Crippen molar-refractivity contribution in [2.75, 3.05) is 19.6 Å². The van der Waals surface area contributed by atoms with E-state index < -0.39 is 5.60 Å². The van der Waals surface area contributed by atoms with E-state index in [0.29, 0.717) is 24.7 Å². The van der Waals surface area contributed by atoms with Crippen LogP contribution in [0.2, 0.25) is 5.02 Å². The van der Waals surface area contributed by atoms with Crippen LogP contribution in [0, 0.1) is 5.82 Å². The first kappa shape index (κ1) is 16.0. The summed E-state index contributed by atoms with van der Waals surface area (Å²) in [6.45, 7) is 7.16. The second kappa shape index (κ2) is 6.20. The molecule has 1 aliphatic heterocycles. The van der Waals surface area contributed by atoms with Gasteiger partial charge in [-0.1, -0.05) is 17.7 Å². The molecule has 1 aromatic rings. The molecule has 0 aromatic heterocycles. The molecule has 4 nitrogen and oxygen atoms in total. The van der Waals surface area contributed by atoms with Gasteiger partial charge in [0, 0.05) is 24.7 Å². The van der Waals surface area contributed by atoms with Crippen molar-refractivity contribution < 1.29 is 13.9 Å². The van der Waals surface area contributed by atoms with Crippen LogP contribution in [0.1, 0.15) is 32.4 Å². The summed E-state index contributed by atoms with van der Waals surface area (Å²) in [5.41, 5.74) is 0.261. The Hall–Kier alpha value is -1.33. The quantitative estimate of drug-likeness (QED) is 0.864. The van der Waals surface area contributed by atoms with Gasteiger partial charge in [-0.3, -0.25) is 0 Å². The van der Waals surface area contributed by atoms with E-state index in [1.54, 1.807) is 11.0 Å². The largest absolute Gasteiger partial charge is 0.444 e. The van der Waals surface area contributed by atoms with Crippen molar-refractivity contribution in [3.63, 3.8) is 0 Å². The topological polar surface area (TPSA) is 41.6 Å². The Bertz CT molecular complexity index is 531. The van der Waals surface area contributed by atoms with Crippen LogP contribution in [0.5, 0.6) is 0 Å². The van der Waals surface area contributed by atoms with E-state index in [1.807, 2.05) is 20.8 Å². The Morgan fingerprint density at radius 2 is 2.19 bits per heavy atom. The van der Waals surface area contributed by atoms with Crippen LogP contribution >= 0.6 is 11.6 Å². The van der Waals surface area contributed by atoms with Gasteiger partial charge in [0.1, 0.15) is 11.4 Å². The first-order chi connectivity index (χ1) is 9.76. The molecule has 1 heterocycles. The molecular weight excluding hydrogens is 295 g/mol. The van der Waals surface area contributed by atoms with Gasteiger partial charge >= 0.3 is 6.09 Å². The normalized spacial score (nSPS) is 19.5. The van der Waals surface area contributed by atoms with E-state index in [9.17, 15) is 9.18 Å². The summed E-state index contributed by atoms with van der Waals surface area (Å²) in [7, 11) is 0. The summed E-state index contributed by atoms with van der Waals surface area (Å²) in [4.78, 5) is 13.8. The van der Waals surface area contributed by atoms with Crippen LogP contribution < -0.4 is 5.32 Å². The molecule has 0 aliphatic carbocycles. The standard InChI is InChI=1S/C15H20ClFN2O2/c1-15(2,3)21-14(20)19-7-6-18-13(9-19)11-5-4-10(17)8-12(11)16/h4-5,8,13,18H,6-7,9H2,1-3H3/t13-/m1/s1. The molecule has 0 radical (unpaired) electrons. The predicted octanol–water partition coefficient (Wildman–Crippen LogP) is 3.36. The van der Waals surface area contributed by atoms with Gasteiger partial charge in [0.15, 0.2) is 0 Å². The molecule has 0 saturated carbocycles. The highest BCUT2D eigenvalue weighted by molar-refractivity contribution is 6.31. The maximum absolute atomic E-state index is 13.1. The fourth-order valence-electron chi connectivity index (χ4n) is 2.23. The predicted molar refractivity (Wildman–Crippen MR) is 80.0 cm³/mol. The Kier molecular flexibility index (Phi) is 4.74. The molecule has 21 heavy (non-hydrogen) atoms. The van der Waals surface area contributed by atoms with Crippen molar-refractivity contribution in [2.24, 2.45) is 0 Å². The van der Waals surface area contributed by atoms with E-state index in [2.05, 4.69) is 5.32 Å². The van der Waals surface area contributed by atoms with Crippen molar-refractivity contribution in [1.29, 1.82) is 0 Å². The third kappa shape index (κ3) is 4.32. The summed E-state index contributed by atoms with van der Waals surface area (Å²) in [6, 6.07) is 4.17. The van der Waals surface area contributed by atoms with Gasteiger partial charge < -0.3 is 15.0 Å². The van der Waals surface area contributed by atoms with E-state index in [0.717, 1.165) is 5.56 Å². The van der Waals surface area contributed by atoms with Crippen LogP contribution in [-0.2, 0) is 4.74 Å². The lowest BCUT2D eigenvalue weighted by atomic mass is 10.0. The molecule has 1 aliphatic rings. The highest BCUT2D eigenvalue weighted by atomic mass is 35.5. The highest BCUT2D eigenvalue weighted by Gasteiger charge is 2.28. The lowest BCUT2D eigenvalue weighted by molar-refractivity contribution is 0.0195. The number of hydrogen-bond donors (Lipinski definition) is 1. The number of amides is 1. The molecule has 116 valence electrons. The fourth-order valence-corrected chi connectivity index (χ4v) is 2.53. The molecule has 0 bridgehead atoms. The number of carbonyl (C=O) groups excluding carboxylic acids is 1. The van der Waals surface area contributed by atoms with E-state index in [1.165, 1.54) is 12.1 Å². The third-order valence-corrected chi connectivity index (χ3v) is 3.49. The number of hydrogen-bond acceptors (Lipinski definition) is 3. The number of benzene rings is 1. The van der Waals surface area contributed by atoms with Crippen LogP contribution in [-0.4, -0.2) is 36.2 Å². The number of halogens is 2. The first-order valence-corrected chi connectivity index (χ1v) is 7.30. The average Bonchev–Trinajstić information content (AvgIpc) is 2.37. The van der Waals surface area contributed by atoms with Crippen molar-refractivity contribution in [3.05, 3.63) is 34.6 Å². The molecule has 1 atom stereocenters. The lowest BCUT2D eigenvalue weighted by Gasteiger charge is -2.35. The summed E-state index contributed by atoms with van der Waals surface area (Å²) < 4.78 is 18.5. The molecular formula is C15H20ClFN2O2. The van der Waals surface area contributed by atoms with Crippen LogP contribution in [0.25, 0.3) is 0 Å². The second-order valence-electron chi connectivity index (χ2n) is 6.10. The number of carbonyl (C=O) groups is 1. The molecule has 6 heteroatoms. The zero-order chi connectivity index (χ0) is 15.6. The zero-order valence-electron chi connectivity index (χ0n) is 12.5. The van der Waals surface area contributed by atoms with Gasteiger partial charge in [0.05, 0.1) is 6.04 Å². The van der Waals surface area contributed by atoms with Crippen molar-refractivity contribution >= 4 is 17.7 Å². The van der Waals surface area contributed by atoms with E-state index in [4.69, 9.17) is 16.3 Å². The van der Waals surface area contributed by atoms with E-state index in [-0.39, 0.29) is 18.0 Å². The lowest BCUT2D eigenvalue weighted by Crippen LogP contribution is -2.49. The number of piperazine rings is 1. The Balaban J connectivity index is 2.08. The SMILES string of the molecule is CC(C)(C)OC(=O)N1CCN[C@@H](c2ccc(F)cc2Cl)C1. The molecule has 1 amide bonds. The van der Waals surface area contributed by atoms with Crippen LogP contribution in [0.4, 0.5) is 9.18 Å². The molecule has 1 saturated heterocycles. The Morgan fingerprint density at radius 1 is 1.48 bits per heavy atom.